The molecular formula is C12H13FN4O. The van der Waals surface area contributed by atoms with Gasteiger partial charge in [0, 0.05) is 12.1 Å². The number of nitrogens with two attached hydrogens (primary N) is 1. The number of nitrogen functional groups attached to an aromatic ring is 1. The first-order valence-corrected chi connectivity index (χ1v) is 5.61. The summed E-state index contributed by atoms with van der Waals surface area (Å²) in [7, 11) is 0. The van der Waals surface area contributed by atoms with Gasteiger partial charge in [-0.2, -0.15) is 0 Å². The minimum Gasteiger partial charge on any atom is -0.396 e. The largest absolute Gasteiger partial charge is 0.396 e. The number of aryl methyl sites for hydroxylation is 1. The highest BCUT2D eigenvalue weighted by molar-refractivity contribution is 6.07. The Balaban J connectivity index is 2.35. The second kappa shape index (κ2) is 4.95. The summed E-state index contributed by atoms with van der Waals surface area (Å²) in [6.07, 6.45) is 2.21. The molecule has 2 N–H and O–H groups in total. The average molecular weight is 248 g/mol. The van der Waals surface area contributed by atoms with E-state index >= 15 is 0 Å². The maximum Gasteiger partial charge on any atom is 0.212 e. The van der Waals surface area contributed by atoms with E-state index in [2.05, 4.69) is 10.3 Å². The van der Waals surface area contributed by atoms with E-state index in [9.17, 15) is 9.18 Å². The van der Waals surface area contributed by atoms with Gasteiger partial charge in [0.15, 0.2) is 0 Å². The molecule has 0 bridgehead atoms. The van der Waals surface area contributed by atoms with E-state index in [0.717, 1.165) is 12.5 Å². The Kier molecular flexibility index (Phi) is 3.36. The fourth-order valence-electron chi connectivity index (χ4n) is 1.63. The van der Waals surface area contributed by atoms with Crippen LogP contribution >= 0.6 is 0 Å². The van der Waals surface area contributed by atoms with Crippen molar-refractivity contribution in [1.29, 1.82) is 0 Å². The van der Waals surface area contributed by atoms with Crippen molar-refractivity contribution >= 4 is 11.5 Å². The molecule has 1 aromatic heterocycles. The van der Waals surface area contributed by atoms with Gasteiger partial charge in [-0.05, 0) is 24.6 Å². The van der Waals surface area contributed by atoms with Gasteiger partial charge >= 0.3 is 0 Å². The molecule has 6 heteroatoms. The quantitative estimate of drug-likeness (QED) is 0.659. The molecule has 0 unspecified atom stereocenters. The number of ketones is 1. The van der Waals surface area contributed by atoms with Crippen molar-refractivity contribution in [3.8, 4) is 0 Å². The van der Waals surface area contributed by atoms with Crippen LogP contribution in [0.4, 0.5) is 10.1 Å². The summed E-state index contributed by atoms with van der Waals surface area (Å²) in [6, 6.07) is 3.99. The van der Waals surface area contributed by atoms with Crippen LogP contribution in [0.25, 0.3) is 0 Å². The normalized spacial score (nSPS) is 10.6. The van der Waals surface area contributed by atoms with Crippen LogP contribution in [0.2, 0.25) is 0 Å². The molecule has 0 aliphatic carbocycles. The lowest BCUT2D eigenvalue weighted by molar-refractivity contribution is 0.102. The summed E-state index contributed by atoms with van der Waals surface area (Å²) < 4.78 is 14.8. The van der Waals surface area contributed by atoms with Gasteiger partial charge in [-0.3, -0.25) is 4.79 Å². The number of aromatic nitrogens is 3. The second-order valence-electron chi connectivity index (χ2n) is 3.91. The summed E-state index contributed by atoms with van der Waals surface area (Å²) in [5.41, 5.74) is 5.97. The van der Waals surface area contributed by atoms with Crippen LogP contribution in [0.1, 0.15) is 29.4 Å². The molecule has 18 heavy (non-hydrogen) atoms. The molecule has 5 nitrogen and oxygen atoms in total. The van der Waals surface area contributed by atoms with Gasteiger partial charge in [-0.15, -0.1) is 5.10 Å². The minimum atomic E-state index is -0.602. The first-order chi connectivity index (χ1) is 8.63. The molecule has 0 radical (unpaired) electrons. The maximum absolute atomic E-state index is 13.3. The van der Waals surface area contributed by atoms with Gasteiger partial charge < -0.3 is 5.73 Å². The molecule has 94 valence electrons. The number of hydrogen-bond acceptors (Lipinski definition) is 4. The Hall–Kier alpha value is -2.24. The molecular weight excluding hydrogens is 235 g/mol. The molecule has 0 spiro atoms. The van der Waals surface area contributed by atoms with Crippen LogP contribution in [-0.4, -0.2) is 20.8 Å². The molecule has 2 rings (SSSR count). The van der Waals surface area contributed by atoms with Crippen molar-refractivity contribution in [3.05, 3.63) is 41.5 Å². The highest BCUT2D eigenvalue weighted by Crippen LogP contribution is 2.15. The van der Waals surface area contributed by atoms with Crippen LogP contribution in [-0.2, 0) is 6.54 Å². The van der Waals surface area contributed by atoms with Gasteiger partial charge in [0.25, 0.3) is 0 Å². The lowest BCUT2D eigenvalue weighted by Crippen LogP contribution is -2.12. The van der Waals surface area contributed by atoms with Gasteiger partial charge in [0.05, 0.1) is 11.9 Å². The van der Waals surface area contributed by atoms with Crippen molar-refractivity contribution < 1.29 is 9.18 Å². The predicted molar refractivity (Wildman–Crippen MR) is 64.6 cm³/mol. The lowest BCUT2D eigenvalue weighted by atomic mass is 10.1. The number of carbonyl (C=O) groups is 1. The molecule has 0 atom stereocenters. The molecule has 0 saturated carbocycles. The van der Waals surface area contributed by atoms with Crippen molar-refractivity contribution in [1.82, 2.24) is 15.0 Å². The van der Waals surface area contributed by atoms with Crippen molar-refractivity contribution in [2.24, 2.45) is 0 Å². The molecule has 0 amide bonds. The molecule has 0 aliphatic heterocycles. The second-order valence-corrected chi connectivity index (χ2v) is 3.91. The Labute approximate surface area is 103 Å². The standard InChI is InChI=1S/C12H13FN4O/c1-2-5-17-11(7-15-16-17)12(18)8-3-4-10(14)9(13)6-8/h3-4,6-7H,2,5,14H2,1H3. The van der Waals surface area contributed by atoms with Crippen LogP contribution in [0.3, 0.4) is 0 Å². The number of hydrogen-bond donors (Lipinski definition) is 1. The van der Waals surface area contributed by atoms with Crippen LogP contribution in [0, 0.1) is 5.82 Å². The van der Waals surface area contributed by atoms with Crippen molar-refractivity contribution in [3.63, 3.8) is 0 Å². The summed E-state index contributed by atoms with van der Waals surface area (Å²) in [5.74, 6) is -0.914. The van der Waals surface area contributed by atoms with Gasteiger partial charge in [0.2, 0.25) is 5.78 Å². The summed E-state index contributed by atoms with van der Waals surface area (Å²) in [4.78, 5) is 12.2. The highest BCUT2D eigenvalue weighted by Gasteiger charge is 2.16. The maximum atomic E-state index is 13.3. The van der Waals surface area contributed by atoms with E-state index < -0.39 is 5.82 Å². The molecule has 2 aromatic rings. The fourth-order valence-corrected chi connectivity index (χ4v) is 1.63. The number of nitrogens with zero attached hydrogens (tertiary/aromatic N) is 3. The van der Waals surface area contributed by atoms with E-state index in [1.807, 2.05) is 6.92 Å². The first kappa shape index (κ1) is 12.2. The molecule has 1 heterocycles. The number of benzene rings is 1. The zero-order chi connectivity index (χ0) is 13.1. The van der Waals surface area contributed by atoms with Crippen LogP contribution in [0.5, 0.6) is 0 Å². The van der Waals surface area contributed by atoms with Crippen LogP contribution < -0.4 is 5.73 Å². The Morgan fingerprint density at radius 1 is 1.50 bits per heavy atom. The molecule has 0 fully saturated rings. The molecule has 0 saturated heterocycles. The number of carbonyl (C=O) groups excluding carboxylic acids is 1. The van der Waals surface area contributed by atoms with Gasteiger partial charge in [-0.1, -0.05) is 12.1 Å². The van der Waals surface area contributed by atoms with E-state index in [1.54, 1.807) is 0 Å². The average Bonchev–Trinajstić information content (AvgIpc) is 2.80. The third kappa shape index (κ3) is 2.22. The molecule has 1 aromatic carbocycles. The van der Waals surface area contributed by atoms with E-state index in [0.29, 0.717) is 12.2 Å². The predicted octanol–water partition coefficient (Wildman–Crippen LogP) is 1.64. The zero-order valence-corrected chi connectivity index (χ0v) is 9.93. The summed E-state index contributed by atoms with van der Waals surface area (Å²) in [6.45, 7) is 2.57. The van der Waals surface area contributed by atoms with E-state index in [1.165, 1.54) is 23.0 Å². The monoisotopic (exact) mass is 248 g/mol. The van der Waals surface area contributed by atoms with Crippen molar-refractivity contribution in [2.45, 2.75) is 19.9 Å². The Bertz CT molecular complexity index is 579. The topological polar surface area (TPSA) is 73.8 Å². The van der Waals surface area contributed by atoms with Gasteiger partial charge in [-0.25, -0.2) is 9.07 Å². The Morgan fingerprint density at radius 3 is 2.94 bits per heavy atom. The fraction of sp³-hybridized carbons (Fsp3) is 0.250. The number of anilines is 1. The number of rotatable bonds is 4. The van der Waals surface area contributed by atoms with Gasteiger partial charge in [0.1, 0.15) is 11.5 Å². The smallest absolute Gasteiger partial charge is 0.212 e. The first-order valence-electron chi connectivity index (χ1n) is 5.61. The molecule has 0 aliphatic rings. The van der Waals surface area contributed by atoms with E-state index in [-0.39, 0.29) is 17.0 Å². The SMILES string of the molecule is CCCn1nncc1C(=O)c1ccc(N)c(F)c1. The van der Waals surface area contributed by atoms with Crippen LogP contribution in [0.15, 0.2) is 24.4 Å². The van der Waals surface area contributed by atoms with E-state index in [4.69, 9.17) is 5.73 Å². The Morgan fingerprint density at radius 2 is 2.28 bits per heavy atom. The third-order valence-electron chi connectivity index (χ3n) is 2.55. The lowest BCUT2D eigenvalue weighted by Gasteiger charge is -2.04. The minimum absolute atomic E-state index is 0.0201. The number of halogens is 1. The summed E-state index contributed by atoms with van der Waals surface area (Å²) in [5, 5.41) is 7.52. The van der Waals surface area contributed by atoms with Crippen molar-refractivity contribution in [2.75, 3.05) is 5.73 Å². The zero-order valence-electron chi connectivity index (χ0n) is 9.93. The third-order valence-corrected chi connectivity index (χ3v) is 2.55. The highest BCUT2D eigenvalue weighted by atomic mass is 19.1. The summed E-state index contributed by atoms with van der Waals surface area (Å²) >= 11 is 0.